The van der Waals surface area contributed by atoms with E-state index in [1.807, 2.05) is 0 Å². The molecule has 0 aromatic carbocycles. The van der Waals surface area contributed by atoms with Crippen LogP contribution in [-0.2, 0) is 14.6 Å². The van der Waals surface area contributed by atoms with Gasteiger partial charge in [0, 0.05) is 12.8 Å². The van der Waals surface area contributed by atoms with Crippen molar-refractivity contribution in [1.82, 2.24) is 0 Å². The molecule has 0 saturated carbocycles. The van der Waals surface area contributed by atoms with Gasteiger partial charge < -0.3 is 5.11 Å². The van der Waals surface area contributed by atoms with Gasteiger partial charge in [-0.15, -0.1) is 0 Å². The van der Waals surface area contributed by atoms with Crippen LogP contribution in [0.3, 0.4) is 0 Å². The summed E-state index contributed by atoms with van der Waals surface area (Å²) in [5.41, 5.74) is 0. The molecule has 0 heterocycles. The van der Waals surface area contributed by atoms with E-state index in [0.717, 1.165) is 0 Å². The molecule has 0 rings (SSSR count). The standard InChI is InChI=1S/C11H10F12O4S/c12-7(13,9(16,17)11(21,22)23)3-4-28(26,27)5(6(24)25)1-2-8(14,15)10(18,19)20/h5H,1-4H2,(H,24,25). The van der Waals surface area contributed by atoms with E-state index in [0.29, 0.717) is 0 Å². The summed E-state index contributed by atoms with van der Waals surface area (Å²) in [7, 11) is -5.61. The first-order chi connectivity index (χ1) is 12.0. The van der Waals surface area contributed by atoms with Gasteiger partial charge in [-0.05, 0) is 6.42 Å². The van der Waals surface area contributed by atoms with Crippen LogP contribution < -0.4 is 0 Å². The van der Waals surface area contributed by atoms with Gasteiger partial charge in [-0.2, -0.15) is 52.7 Å². The number of hydrogen-bond donors (Lipinski definition) is 1. The second-order valence-electron chi connectivity index (χ2n) is 5.46. The summed E-state index contributed by atoms with van der Waals surface area (Å²) in [6.45, 7) is 0. The van der Waals surface area contributed by atoms with Crippen LogP contribution in [0.25, 0.3) is 0 Å². The van der Waals surface area contributed by atoms with E-state index in [1.54, 1.807) is 0 Å². The summed E-state index contributed by atoms with van der Waals surface area (Å²) in [4.78, 5) is 10.8. The van der Waals surface area contributed by atoms with Crippen molar-refractivity contribution in [1.29, 1.82) is 0 Å². The van der Waals surface area contributed by atoms with Crippen LogP contribution in [0.5, 0.6) is 0 Å². The third-order valence-electron chi connectivity index (χ3n) is 3.36. The zero-order chi connectivity index (χ0) is 23.0. The predicted molar refractivity (Wildman–Crippen MR) is 66.0 cm³/mol. The molecule has 17 heteroatoms. The number of carboxylic acid groups (broad SMARTS) is 1. The largest absolute Gasteiger partial charge is 0.480 e. The van der Waals surface area contributed by atoms with Crippen molar-refractivity contribution < 1.29 is 71.0 Å². The molecular weight excluding hydrogens is 456 g/mol. The molecule has 0 saturated heterocycles. The molecule has 0 aliphatic rings. The minimum Gasteiger partial charge on any atom is -0.480 e. The third kappa shape index (κ3) is 5.79. The maximum atomic E-state index is 13.1. The molecule has 0 aromatic rings. The Kier molecular flexibility index (Phi) is 7.38. The molecule has 0 spiro atoms. The van der Waals surface area contributed by atoms with Gasteiger partial charge in [-0.3, -0.25) is 4.79 Å². The van der Waals surface area contributed by atoms with Crippen molar-refractivity contribution >= 4 is 15.8 Å². The lowest BCUT2D eigenvalue weighted by atomic mass is 10.1. The maximum Gasteiger partial charge on any atom is 0.459 e. The Bertz CT molecular complexity index is 664. The maximum absolute atomic E-state index is 13.1. The summed E-state index contributed by atoms with van der Waals surface area (Å²) >= 11 is 0. The summed E-state index contributed by atoms with van der Waals surface area (Å²) in [5, 5.41) is 5.44. The Morgan fingerprint density at radius 2 is 1.18 bits per heavy atom. The van der Waals surface area contributed by atoms with Crippen LogP contribution >= 0.6 is 0 Å². The van der Waals surface area contributed by atoms with E-state index in [-0.39, 0.29) is 0 Å². The zero-order valence-corrected chi connectivity index (χ0v) is 13.8. The topological polar surface area (TPSA) is 71.4 Å². The van der Waals surface area contributed by atoms with E-state index in [2.05, 4.69) is 0 Å². The molecule has 1 N–H and O–H groups in total. The Hall–Kier alpha value is -1.42. The van der Waals surface area contributed by atoms with Crippen molar-refractivity contribution in [3.63, 3.8) is 0 Å². The van der Waals surface area contributed by atoms with Crippen LogP contribution in [0.1, 0.15) is 19.3 Å². The summed E-state index contributed by atoms with van der Waals surface area (Å²) < 4.78 is 172. The quantitative estimate of drug-likeness (QED) is 0.521. The van der Waals surface area contributed by atoms with Gasteiger partial charge in [0.1, 0.15) is 0 Å². The van der Waals surface area contributed by atoms with E-state index >= 15 is 0 Å². The Morgan fingerprint density at radius 1 is 0.750 bits per heavy atom. The lowest BCUT2D eigenvalue weighted by Crippen LogP contribution is -2.52. The molecule has 0 aromatic heterocycles. The first-order valence-electron chi connectivity index (χ1n) is 6.71. The molecule has 0 amide bonds. The van der Waals surface area contributed by atoms with Gasteiger partial charge >= 0.3 is 36.1 Å². The van der Waals surface area contributed by atoms with E-state index in [4.69, 9.17) is 5.11 Å². The fraction of sp³-hybridized carbons (Fsp3) is 0.909. The normalized spacial score (nSPS) is 16.1. The number of rotatable bonds is 9. The second-order valence-corrected chi connectivity index (χ2v) is 7.76. The molecule has 1 atom stereocenters. The molecular formula is C11H10F12O4S. The van der Waals surface area contributed by atoms with Crippen molar-refractivity contribution in [2.75, 3.05) is 5.75 Å². The van der Waals surface area contributed by atoms with Crippen molar-refractivity contribution in [3.05, 3.63) is 0 Å². The fourth-order valence-electron chi connectivity index (χ4n) is 1.69. The minimum atomic E-state index is -6.80. The molecule has 4 nitrogen and oxygen atoms in total. The molecule has 28 heavy (non-hydrogen) atoms. The first kappa shape index (κ1) is 26.6. The predicted octanol–water partition coefficient (Wildman–Crippen LogP) is 4.06. The van der Waals surface area contributed by atoms with Crippen LogP contribution in [0.15, 0.2) is 0 Å². The highest BCUT2D eigenvalue weighted by molar-refractivity contribution is 7.92. The Balaban J connectivity index is 5.46. The number of alkyl halides is 12. The lowest BCUT2D eigenvalue weighted by Gasteiger charge is -2.28. The van der Waals surface area contributed by atoms with Crippen molar-refractivity contribution in [2.45, 2.75) is 54.6 Å². The fourth-order valence-corrected chi connectivity index (χ4v) is 3.30. The first-order valence-corrected chi connectivity index (χ1v) is 8.42. The molecule has 0 aliphatic heterocycles. The molecule has 0 fully saturated rings. The summed E-state index contributed by atoms with van der Waals surface area (Å²) in [6.07, 6.45) is -20.2. The number of halogens is 12. The van der Waals surface area contributed by atoms with Crippen LogP contribution in [0.4, 0.5) is 52.7 Å². The highest BCUT2D eigenvalue weighted by atomic mass is 32.2. The van der Waals surface area contributed by atoms with Crippen LogP contribution in [0, 0.1) is 0 Å². The van der Waals surface area contributed by atoms with Crippen LogP contribution in [-0.4, -0.2) is 60.6 Å². The van der Waals surface area contributed by atoms with Gasteiger partial charge in [0.25, 0.3) is 0 Å². The average molecular weight is 466 g/mol. The Morgan fingerprint density at radius 3 is 1.50 bits per heavy atom. The summed E-state index contributed by atoms with van der Waals surface area (Å²) in [6, 6.07) is 0. The zero-order valence-electron chi connectivity index (χ0n) is 13.0. The summed E-state index contributed by atoms with van der Waals surface area (Å²) in [5.74, 6) is -23.2. The Labute approximate surface area is 148 Å². The molecule has 0 aliphatic carbocycles. The monoisotopic (exact) mass is 466 g/mol. The lowest BCUT2D eigenvalue weighted by molar-refractivity contribution is -0.354. The van der Waals surface area contributed by atoms with Gasteiger partial charge in [0.15, 0.2) is 15.1 Å². The number of carboxylic acids is 1. The van der Waals surface area contributed by atoms with Crippen molar-refractivity contribution in [3.8, 4) is 0 Å². The van der Waals surface area contributed by atoms with Gasteiger partial charge in [0.05, 0.1) is 5.75 Å². The number of carbonyl (C=O) groups is 1. The highest BCUT2D eigenvalue weighted by Gasteiger charge is 2.72. The van der Waals surface area contributed by atoms with E-state index in [9.17, 15) is 65.9 Å². The van der Waals surface area contributed by atoms with E-state index in [1.165, 1.54) is 0 Å². The SMILES string of the molecule is O=C(O)C(CCC(F)(F)C(F)(F)F)S(=O)(=O)CCC(F)(F)C(F)(F)C(F)(F)F. The molecule has 168 valence electrons. The minimum absolute atomic E-state index is 1.97. The van der Waals surface area contributed by atoms with Crippen LogP contribution in [0.2, 0.25) is 0 Å². The number of hydrogen-bond acceptors (Lipinski definition) is 3. The highest BCUT2D eigenvalue weighted by Crippen LogP contribution is 2.48. The van der Waals surface area contributed by atoms with Gasteiger partial charge in [0.2, 0.25) is 0 Å². The molecule has 1 unspecified atom stereocenters. The number of aliphatic carboxylic acids is 1. The smallest absolute Gasteiger partial charge is 0.459 e. The van der Waals surface area contributed by atoms with E-state index < -0.39 is 76.2 Å². The van der Waals surface area contributed by atoms with Gasteiger partial charge in [-0.25, -0.2) is 8.42 Å². The third-order valence-corrected chi connectivity index (χ3v) is 5.44. The second kappa shape index (κ2) is 7.78. The van der Waals surface area contributed by atoms with Gasteiger partial charge in [-0.1, -0.05) is 0 Å². The molecule has 0 radical (unpaired) electrons. The van der Waals surface area contributed by atoms with Crippen molar-refractivity contribution in [2.24, 2.45) is 0 Å². The molecule has 0 bridgehead atoms. The average Bonchev–Trinajstić information content (AvgIpc) is 2.42. The number of sulfone groups is 1.